The SMILES string of the molecule is CCOC(=O)c1ccc(Sc2ccccc2N)cc1C(=O)O. The average molecular weight is 317 g/mol. The van der Waals surface area contributed by atoms with Gasteiger partial charge in [0.2, 0.25) is 0 Å². The summed E-state index contributed by atoms with van der Waals surface area (Å²) in [4.78, 5) is 24.6. The third-order valence-corrected chi connectivity index (χ3v) is 3.94. The number of nitrogen functional groups attached to an aromatic ring is 1. The molecule has 114 valence electrons. The Hall–Kier alpha value is -2.47. The molecule has 0 atom stereocenters. The van der Waals surface area contributed by atoms with Crippen LogP contribution >= 0.6 is 11.8 Å². The largest absolute Gasteiger partial charge is 0.478 e. The van der Waals surface area contributed by atoms with Gasteiger partial charge in [0.25, 0.3) is 0 Å². The molecule has 0 aliphatic rings. The molecule has 0 amide bonds. The van der Waals surface area contributed by atoms with Crippen molar-refractivity contribution in [1.29, 1.82) is 0 Å². The Morgan fingerprint density at radius 3 is 2.55 bits per heavy atom. The predicted molar refractivity (Wildman–Crippen MR) is 84.3 cm³/mol. The lowest BCUT2D eigenvalue weighted by molar-refractivity contribution is 0.0514. The molecule has 0 aliphatic heterocycles. The van der Waals surface area contributed by atoms with Gasteiger partial charge in [-0.3, -0.25) is 0 Å². The number of nitrogens with two attached hydrogens (primary N) is 1. The van der Waals surface area contributed by atoms with E-state index in [1.807, 2.05) is 18.2 Å². The van der Waals surface area contributed by atoms with Crippen molar-refractivity contribution in [2.75, 3.05) is 12.3 Å². The molecule has 0 radical (unpaired) electrons. The van der Waals surface area contributed by atoms with E-state index in [1.165, 1.54) is 23.9 Å². The van der Waals surface area contributed by atoms with Crippen molar-refractivity contribution < 1.29 is 19.4 Å². The van der Waals surface area contributed by atoms with Crippen LogP contribution in [0.1, 0.15) is 27.6 Å². The van der Waals surface area contributed by atoms with Crippen molar-refractivity contribution in [1.82, 2.24) is 0 Å². The minimum absolute atomic E-state index is 0.0414. The van der Waals surface area contributed by atoms with Gasteiger partial charge in [0.1, 0.15) is 0 Å². The fourth-order valence-corrected chi connectivity index (χ4v) is 2.75. The van der Waals surface area contributed by atoms with Crippen molar-refractivity contribution in [2.45, 2.75) is 16.7 Å². The summed E-state index contributed by atoms with van der Waals surface area (Å²) in [7, 11) is 0. The van der Waals surface area contributed by atoms with Gasteiger partial charge in [-0.2, -0.15) is 0 Å². The number of hydrogen-bond donors (Lipinski definition) is 2. The minimum atomic E-state index is -1.17. The Morgan fingerprint density at radius 2 is 1.91 bits per heavy atom. The topological polar surface area (TPSA) is 89.6 Å². The molecule has 2 aromatic rings. The van der Waals surface area contributed by atoms with Crippen LogP contribution in [-0.4, -0.2) is 23.7 Å². The Morgan fingerprint density at radius 1 is 1.18 bits per heavy atom. The summed E-state index contributed by atoms with van der Waals surface area (Å²) in [5.41, 5.74) is 6.44. The number of para-hydroxylation sites is 1. The van der Waals surface area contributed by atoms with Crippen molar-refractivity contribution in [2.24, 2.45) is 0 Å². The van der Waals surface area contributed by atoms with Crippen LogP contribution in [-0.2, 0) is 4.74 Å². The van der Waals surface area contributed by atoms with Crippen LogP contribution in [0.25, 0.3) is 0 Å². The maximum absolute atomic E-state index is 11.8. The van der Waals surface area contributed by atoms with Crippen molar-refractivity contribution in [3.63, 3.8) is 0 Å². The highest BCUT2D eigenvalue weighted by atomic mass is 32.2. The van der Waals surface area contributed by atoms with Gasteiger partial charge in [-0.1, -0.05) is 23.9 Å². The van der Waals surface area contributed by atoms with Crippen molar-refractivity contribution in [3.05, 3.63) is 53.6 Å². The monoisotopic (exact) mass is 317 g/mol. The molecule has 6 heteroatoms. The van der Waals surface area contributed by atoms with Crippen LogP contribution in [0.2, 0.25) is 0 Å². The van der Waals surface area contributed by atoms with E-state index in [0.717, 1.165) is 4.90 Å². The van der Waals surface area contributed by atoms with E-state index in [1.54, 1.807) is 19.1 Å². The molecule has 0 bridgehead atoms. The number of aromatic carboxylic acids is 1. The number of carbonyl (C=O) groups excluding carboxylic acids is 1. The molecule has 22 heavy (non-hydrogen) atoms. The van der Waals surface area contributed by atoms with Crippen LogP contribution in [0.15, 0.2) is 52.3 Å². The van der Waals surface area contributed by atoms with Crippen LogP contribution in [0, 0.1) is 0 Å². The van der Waals surface area contributed by atoms with Gasteiger partial charge in [-0.05, 0) is 37.3 Å². The minimum Gasteiger partial charge on any atom is -0.478 e. The van der Waals surface area contributed by atoms with Crippen LogP contribution in [0.5, 0.6) is 0 Å². The summed E-state index contributed by atoms with van der Waals surface area (Å²) in [6.07, 6.45) is 0. The molecule has 0 fully saturated rings. The van der Waals surface area contributed by atoms with E-state index in [0.29, 0.717) is 10.6 Å². The first kappa shape index (κ1) is 15.9. The summed E-state index contributed by atoms with van der Waals surface area (Å²) in [5.74, 6) is -1.82. The van der Waals surface area contributed by atoms with Crippen LogP contribution < -0.4 is 5.73 Å². The lowest BCUT2D eigenvalue weighted by Crippen LogP contribution is -2.11. The Labute approximate surface area is 132 Å². The Kier molecular flexibility index (Phi) is 5.06. The number of anilines is 1. The Balaban J connectivity index is 2.35. The van der Waals surface area contributed by atoms with Gasteiger partial charge in [0.15, 0.2) is 0 Å². The van der Waals surface area contributed by atoms with Gasteiger partial charge in [-0.25, -0.2) is 9.59 Å². The molecule has 0 aliphatic carbocycles. The highest BCUT2D eigenvalue weighted by Crippen LogP contribution is 2.33. The normalized spacial score (nSPS) is 10.2. The summed E-state index contributed by atoms with van der Waals surface area (Å²) >= 11 is 1.34. The second-order valence-corrected chi connectivity index (χ2v) is 5.49. The number of carbonyl (C=O) groups is 2. The van der Waals surface area contributed by atoms with Gasteiger partial charge >= 0.3 is 11.9 Å². The summed E-state index contributed by atoms with van der Waals surface area (Å²) in [6.45, 7) is 1.86. The number of rotatable bonds is 5. The molecule has 2 rings (SSSR count). The van der Waals surface area contributed by atoms with Crippen LogP contribution in [0.3, 0.4) is 0 Å². The molecular formula is C16H15NO4S. The second kappa shape index (κ2) is 7.00. The Bertz CT molecular complexity index is 715. The predicted octanol–water partition coefficient (Wildman–Crippen LogP) is 3.29. The molecule has 0 saturated carbocycles. The molecule has 0 aromatic heterocycles. The zero-order valence-electron chi connectivity index (χ0n) is 11.9. The number of carboxylic acids is 1. The van der Waals surface area contributed by atoms with Crippen molar-refractivity contribution in [3.8, 4) is 0 Å². The van der Waals surface area contributed by atoms with Gasteiger partial charge in [0.05, 0.1) is 17.7 Å². The fourth-order valence-electron chi connectivity index (χ4n) is 1.85. The van der Waals surface area contributed by atoms with E-state index in [-0.39, 0.29) is 17.7 Å². The van der Waals surface area contributed by atoms with Gasteiger partial charge in [0, 0.05) is 15.5 Å². The molecule has 0 heterocycles. The number of esters is 1. The van der Waals surface area contributed by atoms with E-state index in [9.17, 15) is 14.7 Å². The van der Waals surface area contributed by atoms with Crippen LogP contribution in [0.4, 0.5) is 5.69 Å². The first-order valence-electron chi connectivity index (χ1n) is 6.59. The first-order chi connectivity index (χ1) is 10.5. The highest BCUT2D eigenvalue weighted by molar-refractivity contribution is 7.99. The molecule has 5 nitrogen and oxygen atoms in total. The quantitative estimate of drug-likeness (QED) is 0.649. The number of benzene rings is 2. The maximum atomic E-state index is 11.8. The van der Waals surface area contributed by atoms with Gasteiger partial charge < -0.3 is 15.6 Å². The smallest absolute Gasteiger partial charge is 0.338 e. The third-order valence-electron chi connectivity index (χ3n) is 2.86. The first-order valence-corrected chi connectivity index (χ1v) is 7.41. The second-order valence-electron chi connectivity index (χ2n) is 4.37. The molecule has 0 spiro atoms. The summed E-state index contributed by atoms with van der Waals surface area (Å²) in [5, 5.41) is 9.29. The standard InChI is InChI=1S/C16H15NO4S/c1-2-21-16(20)11-8-7-10(9-12(11)15(18)19)22-14-6-4-3-5-13(14)17/h3-9H,2,17H2,1H3,(H,18,19). The lowest BCUT2D eigenvalue weighted by atomic mass is 10.1. The van der Waals surface area contributed by atoms with Crippen molar-refractivity contribution >= 4 is 29.4 Å². The van der Waals surface area contributed by atoms with E-state index < -0.39 is 11.9 Å². The number of ether oxygens (including phenoxy) is 1. The fraction of sp³-hybridized carbons (Fsp3) is 0.125. The average Bonchev–Trinajstić information content (AvgIpc) is 2.49. The molecule has 0 saturated heterocycles. The number of hydrogen-bond acceptors (Lipinski definition) is 5. The summed E-state index contributed by atoms with van der Waals surface area (Å²) in [6, 6.07) is 11.9. The zero-order chi connectivity index (χ0) is 16.1. The highest BCUT2D eigenvalue weighted by Gasteiger charge is 2.18. The third kappa shape index (κ3) is 3.59. The molecule has 2 aromatic carbocycles. The molecular weight excluding hydrogens is 302 g/mol. The van der Waals surface area contributed by atoms with Gasteiger partial charge in [-0.15, -0.1) is 0 Å². The summed E-state index contributed by atoms with van der Waals surface area (Å²) < 4.78 is 4.87. The van der Waals surface area contributed by atoms with E-state index in [2.05, 4.69) is 0 Å². The number of carboxylic acid groups (broad SMARTS) is 1. The molecule has 0 unspecified atom stereocenters. The van der Waals surface area contributed by atoms with E-state index in [4.69, 9.17) is 10.5 Å². The molecule has 3 N–H and O–H groups in total. The zero-order valence-corrected chi connectivity index (χ0v) is 12.7. The maximum Gasteiger partial charge on any atom is 0.338 e. The lowest BCUT2D eigenvalue weighted by Gasteiger charge is -2.09. The van der Waals surface area contributed by atoms with E-state index >= 15 is 0 Å².